The minimum Gasteiger partial charge on any atom is -0.481 e. The predicted molar refractivity (Wildman–Crippen MR) is 89.8 cm³/mol. The smallest absolute Gasteiger partial charge is 0.307 e. The van der Waals surface area contributed by atoms with Gasteiger partial charge in [0.2, 0.25) is 5.91 Å². The maximum absolute atomic E-state index is 12.5. The molecule has 2 unspecified atom stereocenters. The van der Waals surface area contributed by atoms with Gasteiger partial charge < -0.3 is 5.11 Å². The lowest BCUT2D eigenvalue weighted by Crippen LogP contribution is -2.40. The molecule has 1 aliphatic rings. The fourth-order valence-electron chi connectivity index (χ4n) is 3.20. The van der Waals surface area contributed by atoms with Crippen molar-refractivity contribution in [2.45, 2.75) is 51.4 Å². The second kappa shape index (κ2) is 9.18. The van der Waals surface area contributed by atoms with Crippen molar-refractivity contribution < 1.29 is 14.7 Å². The summed E-state index contributed by atoms with van der Waals surface area (Å²) in [5.41, 5.74) is 6.34. The molecule has 5 nitrogen and oxygen atoms in total. The molecule has 0 spiro atoms. The number of para-hydroxylation sites is 1. The van der Waals surface area contributed by atoms with E-state index in [1.807, 2.05) is 30.3 Å². The summed E-state index contributed by atoms with van der Waals surface area (Å²) in [6, 6.07) is 9.34. The monoisotopic (exact) mass is 318 g/mol. The summed E-state index contributed by atoms with van der Waals surface area (Å²) < 4.78 is 0. The molecule has 126 valence electrons. The molecule has 3 N–H and O–H groups in total. The number of benzene rings is 1. The Bertz CT molecular complexity index is 504. The Labute approximate surface area is 137 Å². The maximum Gasteiger partial charge on any atom is 0.307 e. The predicted octanol–water partition coefficient (Wildman–Crippen LogP) is 3.58. The number of amides is 1. The third kappa shape index (κ3) is 5.58. The summed E-state index contributed by atoms with van der Waals surface area (Å²) in [5, 5.41) is 9.52. The number of hydrazine groups is 1. The van der Waals surface area contributed by atoms with E-state index in [0.717, 1.165) is 31.4 Å². The molecule has 0 radical (unpaired) electrons. The molecule has 0 heterocycles. The Morgan fingerprint density at radius 2 is 1.43 bits per heavy atom. The van der Waals surface area contributed by atoms with Crippen LogP contribution < -0.4 is 10.9 Å². The van der Waals surface area contributed by atoms with E-state index in [-0.39, 0.29) is 5.91 Å². The number of carbonyl (C=O) groups is 2. The van der Waals surface area contributed by atoms with Gasteiger partial charge in [-0.05, 0) is 25.0 Å². The molecule has 1 amide bonds. The van der Waals surface area contributed by atoms with Gasteiger partial charge in [0.15, 0.2) is 0 Å². The van der Waals surface area contributed by atoms with Crippen LogP contribution in [0.15, 0.2) is 30.3 Å². The van der Waals surface area contributed by atoms with E-state index in [0.29, 0.717) is 12.8 Å². The largest absolute Gasteiger partial charge is 0.481 e. The zero-order valence-electron chi connectivity index (χ0n) is 13.5. The van der Waals surface area contributed by atoms with Crippen LogP contribution in [0.4, 0.5) is 5.69 Å². The van der Waals surface area contributed by atoms with Gasteiger partial charge in [0, 0.05) is 0 Å². The molecule has 0 aliphatic heterocycles. The first-order valence-corrected chi connectivity index (χ1v) is 8.52. The minimum atomic E-state index is -0.856. The zero-order chi connectivity index (χ0) is 16.5. The molecule has 5 heteroatoms. The van der Waals surface area contributed by atoms with E-state index < -0.39 is 17.8 Å². The lowest BCUT2D eigenvalue weighted by atomic mass is 9.82. The lowest BCUT2D eigenvalue weighted by Gasteiger charge is -2.24. The number of rotatable bonds is 4. The van der Waals surface area contributed by atoms with Crippen LogP contribution in [0.25, 0.3) is 0 Å². The SMILES string of the molecule is O=C(O)C1CCCCCCCCC1C(=O)NNc1ccccc1. The summed E-state index contributed by atoms with van der Waals surface area (Å²) >= 11 is 0. The molecule has 1 aromatic carbocycles. The van der Waals surface area contributed by atoms with Crippen LogP contribution in [0, 0.1) is 11.8 Å². The number of nitrogens with one attached hydrogen (secondary N) is 2. The van der Waals surface area contributed by atoms with E-state index in [9.17, 15) is 14.7 Å². The molecule has 1 aromatic rings. The zero-order valence-corrected chi connectivity index (χ0v) is 13.5. The fraction of sp³-hybridized carbons (Fsp3) is 0.556. The topological polar surface area (TPSA) is 78.4 Å². The van der Waals surface area contributed by atoms with Crippen LogP contribution in [0.3, 0.4) is 0 Å². The second-order valence-corrected chi connectivity index (χ2v) is 6.23. The van der Waals surface area contributed by atoms with E-state index in [1.54, 1.807) is 0 Å². The van der Waals surface area contributed by atoms with Gasteiger partial charge in [0.1, 0.15) is 0 Å². The van der Waals surface area contributed by atoms with Crippen molar-refractivity contribution >= 4 is 17.6 Å². The Kier molecular flexibility index (Phi) is 6.91. The summed E-state index contributed by atoms with van der Waals surface area (Å²) in [5.74, 6) is -2.14. The second-order valence-electron chi connectivity index (χ2n) is 6.23. The molecule has 1 saturated carbocycles. The molecule has 0 bridgehead atoms. The standard InChI is InChI=1S/C18H26N2O3/c21-17(20-19-14-10-6-5-7-11-14)15-12-8-3-1-2-4-9-13-16(15)18(22)23/h5-7,10-11,15-16,19H,1-4,8-9,12-13H2,(H,20,21)(H,22,23). The van der Waals surface area contributed by atoms with Crippen molar-refractivity contribution in [1.82, 2.24) is 5.43 Å². The minimum absolute atomic E-state index is 0.221. The first kappa shape index (κ1) is 17.3. The van der Waals surface area contributed by atoms with Crippen LogP contribution >= 0.6 is 0 Å². The van der Waals surface area contributed by atoms with Gasteiger partial charge in [0.05, 0.1) is 17.5 Å². The Morgan fingerprint density at radius 1 is 0.870 bits per heavy atom. The van der Waals surface area contributed by atoms with Gasteiger partial charge in [-0.25, -0.2) is 0 Å². The fourth-order valence-corrected chi connectivity index (χ4v) is 3.20. The highest BCUT2D eigenvalue weighted by Gasteiger charge is 2.33. The Hall–Kier alpha value is -2.04. The first-order chi connectivity index (χ1) is 11.2. The summed E-state index contributed by atoms with van der Waals surface area (Å²) in [6.45, 7) is 0. The Balaban J connectivity index is 2.00. The van der Waals surface area contributed by atoms with Crippen molar-refractivity contribution in [1.29, 1.82) is 0 Å². The van der Waals surface area contributed by atoms with Crippen molar-refractivity contribution in [3.63, 3.8) is 0 Å². The van der Waals surface area contributed by atoms with Gasteiger partial charge in [0.25, 0.3) is 0 Å². The van der Waals surface area contributed by atoms with Gasteiger partial charge in [-0.3, -0.25) is 20.4 Å². The van der Waals surface area contributed by atoms with E-state index in [4.69, 9.17) is 0 Å². The summed E-state index contributed by atoms with van der Waals surface area (Å²) in [7, 11) is 0. The number of anilines is 1. The molecule has 23 heavy (non-hydrogen) atoms. The molecule has 0 saturated heterocycles. The number of carboxylic acid groups (broad SMARTS) is 1. The van der Waals surface area contributed by atoms with Crippen molar-refractivity contribution in [3.8, 4) is 0 Å². The molecular formula is C18H26N2O3. The number of carbonyl (C=O) groups excluding carboxylic acids is 1. The highest BCUT2D eigenvalue weighted by atomic mass is 16.4. The van der Waals surface area contributed by atoms with E-state index in [2.05, 4.69) is 10.9 Å². The van der Waals surface area contributed by atoms with Crippen molar-refractivity contribution in [2.75, 3.05) is 5.43 Å². The average molecular weight is 318 g/mol. The lowest BCUT2D eigenvalue weighted by molar-refractivity contribution is -0.147. The Morgan fingerprint density at radius 3 is 2.04 bits per heavy atom. The highest BCUT2D eigenvalue weighted by molar-refractivity contribution is 5.85. The highest BCUT2D eigenvalue weighted by Crippen LogP contribution is 2.27. The normalized spacial score (nSPS) is 22.8. The van der Waals surface area contributed by atoms with Crippen LogP contribution in [0.5, 0.6) is 0 Å². The van der Waals surface area contributed by atoms with E-state index in [1.165, 1.54) is 12.8 Å². The number of carboxylic acids is 1. The number of hydrogen-bond donors (Lipinski definition) is 3. The quantitative estimate of drug-likeness (QED) is 0.741. The molecule has 2 rings (SSSR count). The summed E-state index contributed by atoms with van der Waals surface area (Å²) in [6.07, 6.45) is 7.48. The van der Waals surface area contributed by atoms with Gasteiger partial charge >= 0.3 is 5.97 Å². The van der Waals surface area contributed by atoms with Gasteiger partial charge in [-0.1, -0.05) is 56.7 Å². The average Bonchev–Trinajstić information content (AvgIpc) is 2.57. The third-order valence-electron chi connectivity index (χ3n) is 4.52. The van der Waals surface area contributed by atoms with E-state index >= 15 is 0 Å². The van der Waals surface area contributed by atoms with Gasteiger partial charge in [-0.2, -0.15) is 0 Å². The molecular weight excluding hydrogens is 292 g/mol. The van der Waals surface area contributed by atoms with Crippen LogP contribution in [0.1, 0.15) is 51.4 Å². The van der Waals surface area contributed by atoms with Crippen LogP contribution in [-0.2, 0) is 9.59 Å². The number of aliphatic carboxylic acids is 1. The number of hydrogen-bond acceptors (Lipinski definition) is 3. The van der Waals surface area contributed by atoms with Crippen molar-refractivity contribution in [3.05, 3.63) is 30.3 Å². The molecule has 2 atom stereocenters. The van der Waals surface area contributed by atoms with Crippen LogP contribution in [-0.4, -0.2) is 17.0 Å². The molecule has 1 aliphatic carbocycles. The molecule has 0 aromatic heterocycles. The van der Waals surface area contributed by atoms with Crippen molar-refractivity contribution in [2.24, 2.45) is 11.8 Å². The third-order valence-corrected chi connectivity index (χ3v) is 4.52. The molecule has 1 fully saturated rings. The van der Waals surface area contributed by atoms with Gasteiger partial charge in [-0.15, -0.1) is 0 Å². The van der Waals surface area contributed by atoms with Crippen LogP contribution in [0.2, 0.25) is 0 Å². The summed E-state index contributed by atoms with van der Waals surface area (Å²) in [4.78, 5) is 24.1. The maximum atomic E-state index is 12.5. The first-order valence-electron chi connectivity index (χ1n) is 8.52.